The highest BCUT2D eigenvalue weighted by molar-refractivity contribution is 9.10. The lowest BCUT2D eigenvalue weighted by Crippen LogP contribution is -2.26. The van der Waals surface area contributed by atoms with Crippen LogP contribution in [-0.2, 0) is 4.79 Å². The van der Waals surface area contributed by atoms with E-state index in [0.717, 1.165) is 16.5 Å². The van der Waals surface area contributed by atoms with Crippen LogP contribution in [-0.4, -0.2) is 17.6 Å². The van der Waals surface area contributed by atoms with Crippen molar-refractivity contribution >= 4 is 21.8 Å². The first-order valence-electron chi connectivity index (χ1n) is 5.79. The molecule has 0 aromatic heterocycles. The van der Waals surface area contributed by atoms with E-state index < -0.39 is 0 Å². The highest BCUT2D eigenvalue weighted by Crippen LogP contribution is 2.17. The van der Waals surface area contributed by atoms with Crippen LogP contribution in [0.3, 0.4) is 0 Å². The second-order valence-corrected chi connectivity index (χ2v) is 4.94. The van der Waals surface area contributed by atoms with Gasteiger partial charge in [-0.1, -0.05) is 28.1 Å². The number of aliphatic hydroxyl groups excluding tert-OH is 1. The van der Waals surface area contributed by atoms with Crippen LogP contribution in [0.4, 0.5) is 0 Å². The smallest absolute Gasteiger partial charge is 0.220 e. The zero-order chi connectivity index (χ0) is 12.7. The summed E-state index contributed by atoms with van der Waals surface area (Å²) in [4.78, 5) is 11.6. The Labute approximate surface area is 110 Å². The van der Waals surface area contributed by atoms with Gasteiger partial charge in [0.05, 0.1) is 6.04 Å². The molecule has 2 N–H and O–H groups in total. The minimum absolute atomic E-state index is 0.00845. The van der Waals surface area contributed by atoms with Gasteiger partial charge in [-0.25, -0.2) is 0 Å². The van der Waals surface area contributed by atoms with Gasteiger partial charge in [0, 0.05) is 17.5 Å². The van der Waals surface area contributed by atoms with Gasteiger partial charge in [0.15, 0.2) is 0 Å². The average Bonchev–Trinajstić information content (AvgIpc) is 2.29. The number of halogens is 1. The van der Waals surface area contributed by atoms with Gasteiger partial charge in [0.2, 0.25) is 5.91 Å². The van der Waals surface area contributed by atoms with Gasteiger partial charge in [0.25, 0.3) is 0 Å². The van der Waals surface area contributed by atoms with Crippen LogP contribution in [0.1, 0.15) is 37.8 Å². The molecule has 94 valence electrons. The van der Waals surface area contributed by atoms with E-state index in [1.54, 1.807) is 0 Å². The van der Waals surface area contributed by atoms with E-state index >= 15 is 0 Å². The Morgan fingerprint density at radius 2 is 2.24 bits per heavy atom. The molecule has 1 rings (SSSR count). The number of nitrogens with one attached hydrogen (secondary N) is 1. The molecule has 1 aromatic carbocycles. The summed E-state index contributed by atoms with van der Waals surface area (Å²) < 4.78 is 1.01. The van der Waals surface area contributed by atoms with Gasteiger partial charge >= 0.3 is 0 Å². The molecule has 3 nitrogen and oxygen atoms in total. The molecule has 0 saturated heterocycles. The highest BCUT2D eigenvalue weighted by Gasteiger charge is 2.09. The molecule has 17 heavy (non-hydrogen) atoms. The molecule has 1 atom stereocenters. The topological polar surface area (TPSA) is 49.3 Å². The van der Waals surface area contributed by atoms with E-state index in [9.17, 15) is 4.79 Å². The lowest BCUT2D eigenvalue weighted by Gasteiger charge is -2.14. The van der Waals surface area contributed by atoms with Crippen LogP contribution in [0, 0.1) is 0 Å². The molecule has 0 radical (unpaired) electrons. The SMILES string of the molecule is C[C@H](NC(=O)CCCCO)c1cccc(Br)c1. The number of unbranched alkanes of at least 4 members (excludes halogenated alkanes) is 1. The summed E-state index contributed by atoms with van der Waals surface area (Å²) in [6.45, 7) is 2.11. The van der Waals surface area contributed by atoms with Crippen molar-refractivity contribution in [3.8, 4) is 0 Å². The largest absolute Gasteiger partial charge is 0.396 e. The molecule has 0 aliphatic rings. The van der Waals surface area contributed by atoms with Gasteiger partial charge < -0.3 is 10.4 Å². The zero-order valence-corrected chi connectivity index (χ0v) is 11.5. The third kappa shape index (κ3) is 5.33. The highest BCUT2D eigenvalue weighted by atomic mass is 79.9. The Hall–Kier alpha value is -0.870. The van der Waals surface area contributed by atoms with Crippen molar-refractivity contribution in [3.63, 3.8) is 0 Å². The molecule has 4 heteroatoms. The van der Waals surface area contributed by atoms with Crippen molar-refractivity contribution in [2.45, 2.75) is 32.2 Å². The second kappa shape index (κ2) is 7.45. The van der Waals surface area contributed by atoms with Crippen LogP contribution in [0.25, 0.3) is 0 Å². The molecule has 0 aliphatic carbocycles. The fourth-order valence-corrected chi connectivity index (χ4v) is 1.99. The molecule has 0 unspecified atom stereocenters. The summed E-state index contributed by atoms with van der Waals surface area (Å²) in [5.41, 5.74) is 1.08. The fraction of sp³-hybridized carbons (Fsp3) is 0.462. The quantitative estimate of drug-likeness (QED) is 0.794. The van der Waals surface area contributed by atoms with Gasteiger partial charge in [-0.2, -0.15) is 0 Å². The van der Waals surface area contributed by atoms with Crippen LogP contribution in [0.2, 0.25) is 0 Å². The maximum atomic E-state index is 11.6. The van der Waals surface area contributed by atoms with E-state index in [2.05, 4.69) is 21.2 Å². The van der Waals surface area contributed by atoms with E-state index in [1.165, 1.54) is 0 Å². The molecule has 0 spiro atoms. The molecular weight excluding hydrogens is 282 g/mol. The molecule has 0 saturated carbocycles. The fourth-order valence-electron chi connectivity index (χ4n) is 1.57. The van der Waals surface area contributed by atoms with Gasteiger partial charge in [0.1, 0.15) is 0 Å². The summed E-state index contributed by atoms with van der Waals surface area (Å²) in [6.07, 6.45) is 1.88. The molecule has 0 aliphatic heterocycles. The van der Waals surface area contributed by atoms with E-state index in [1.807, 2.05) is 31.2 Å². The molecule has 0 heterocycles. The van der Waals surface area contributed by atoms with Crippen molar-refractivity contribution in [1.82, 2.24) is 5.32 Å². The van der Waals surface area contributed by atoms with E-state index in [4.69, 9.17) is 5.11 Å². The number of rotatable bonds is 6. The number of benzene rings is 1. The summed E-state index contributed by atoms with van der Waals surface area (Å²) in [7, 11) is 0. The third-order valence-corrected chi connectivity index (χ3v) is 3.03. The zero-order valence-electron chi connectivity index (χ0n) is 9.95. The summed E-state index contributed by atoms with van der Waals surface area (Å²) in [5.74, 6) is 0.0333. The predicted molar refractivity (Wildman–Crippen MR) is 71.6 cm³/mol. The number of amides is 1. The first-order chi connectivity index (χ1) is 8.13. The van der Waals surface area contributed by atoms with Crippen molar-refractivity contribution in [2.75, 3.05) is 6.61 Å². The van der Waals surface area contributed by atoms with E-state index in [-0.39, 0.29) is 18.6 Å². The molecule has 0 fully saturated rings. The van der Waals surface area contributed by atoms with Crippen LogP contribution in [0.15, 0.2) is 28.7 Å². The number of hydrogen-bond acceptors (Lipinski definition) is 2. The van der Waals surface area contributed by atoms with Crippen LogP contribution in [0.5, 0.6) is 0 Å². The number of aliphatic hydroxyl groups is 1. The molecule has 1 amide bonds. The Bertz CT molecular complexity index is 368. The maximum absolute atomic E-state index is 11.6. The van der Waals surface area contributed by atoms with Crippen molar-refractivity contribution in [1.29, 1.82) is 0 Å². The summed E-state index contributed by atoms with van der Waals surface area (Å²) >= 11 is 3.41. The van der Waals surface area contributed by atoms with Crippen molar-refractivity contribution in [3.05, 3.63) is 34.3 Å². The molecular formula is C13H18BrNO2. The normalized spacial score (nSPS) is 12.2. The summed E-state index contributed by atoms with van der Waals surface area (Å²) in [5, 5.41) is 11.6. The van der Waals surface area contributed by atoms with Gasteiger partial charge in [-0.05, 0) is 37.5 Å². The minimum Gasteiger partial charge on any atom is -0.396 e. The molecule has 1 aromatic rings. The lowest BCUT2D eigenvalue weighted by atomic mass is 10.1. The van der Waals surface area contributed by atoms with Gasteiger partial charge in [-0.3, -0.25) is 4.79 Å². The van der Waals surface area contributed by atoms with Crippen molar-refractivity contribution < 1.29 is 9.90 Å². The van der Waals surface area contributed by atoms with Crippen LogP contribution >= 0.6 is 15.9 Å². The monoisotopic (exact) mass is 299 g/mol. The minimum atomic E-state index is 0.00845. The van der Waals surface area contributed by atoms with Crippen molar-refractivity contribution in [2.24, 2.45) is 0 Å². The lowest BCUT2D eigenvalue weighted by molar-refractivity contribution is -0.121. The molecule has 0 bridgehead atoms. The number of carbonyl (C=O) groups excluding carboxylic acids is 1. The second-order valence-electron chi connectivity index (χ2n) is 4.02. The maximum Gasteiger partial charge on any atom is 0.220 e. The first-order valence-corrected chi connectivity index (χ1v) is 6.58. The standard InChI is InChI=1S/C13H18BrNO2/c1-10(11-5-4-6-12(14)9-11)15-13(17)7-2-3-8-16/h4-6,9-10,16H,2-3,7-8H2,1H3,(H,15,17)/t10-/m0/s1. The Kier molecular flexibility index (Phi) is 6.22. The Balaban J connectivity index is 2.43. The number of carbonyl (C=O) groups is 1. The average molecular weight is 300 g/mol. The third-order valence-electron chi connectivity index (χ3n) is 2.54. The Morgan fingerprint density at radius 1 is 1.47 bits per heavy atom. The van der Waals surface area contributed by atoms with E-state index in [0.29, 0.717) is 12.8 Å². The predicted octanol–water partition coefficient (Wildman–Crippen LogP) is 2.79. The van der Waals surface area contributed by atoms with Crippen LogP contribution < -0.4 is 5.32 Å². The number of hydrogen-bond donors (Lipinski definition) is 2. The van der Waals surface area contributed by atoms with Gasteiger partial charge in [-0.15, -0.1) is 0 Å². The Morgan fingerprint density at radius 3 is 2.88 bits per heavy atom. The first kappa shape index (κ1) is 14.2. The summed E-state index contributed by atoms with van der Waals surface area (Å²) in [6, 6.07) is 7.91.